The second-order valence-electron chi connectivity index (χ2n) is 7.42. The fourth-order valence-corrected chi connectivity index (χ4v) is 4.36. The number of benzene rings is 2. The van der Waals surface area contributed by atoms with Crippen LogP contribution in [0.15, 0.2) is 36.4 Å². The van der Waals surface area contributed by atoms with Crippen molar-refractivity contribution >= 4 is 29.1 Å². The van der Waals surface area contributed by atoms with Gasteiger partial charge >= 0.3 is 0 Å². The summed E-state index contributed by atoms with van der Waals surface area (Å²) in [6.07, 6.45) is 0. The van der Waals surface area contributed by atoms with Crippen LogP contribution < -0.4 is 5.32 Å². The molecule has 10 heteroatoms. The third-order valence-electron chi connectivity index (χ3n) is 5.55. The molecular weight excluding hydrogens is 425 g/mol. The molecule has 0 bridgehead atoms. The highest BCUT2D eigenvalue weighted by Gasteiger charge is 2.33. The molecule has 2 N–H and O–H groups in total. The number of aliphatic hydroxyl groups is 1. The Morgan fingerprint density at radius 2 is 2.16 bits per heavy atom. The van der Waals surface area contributed by atoms with E-state index in [0.717, 1.165) is 11.1 Å². The average Bonchev–Trinajstić information content (AvgIpc) is 3.32. The van der Waals surface area contributed by atoms with Crippen LogP contribution in [0, 0.1) is 5.82 Å². The molecule has 5 rings (SSSR count). The topological polar surface area (TPSA) is 92.5 Å². The van der Waals surface area contributed by atoms with E-state index in [4.69, 9.17) is 16.3 Å². The molecule has 1 amide bonds. The van der Waals surface area contributed by atoms with Crippen LogP contribution in [-0.4, -0.2) is 50.4 Å². The summed E-state index contributed by atoms with van der Waals surface area (Å²) in [7, 11) is 0. The van der Waals surface area contributed by atoms with Crippen molar-refractivity contribution in [1.29, 1.82) is 0 Å². The van der Waals surface area contributed by atoms with E-state index in [-0.39, 0.29) is 30.9 Å². The first-order valence-corrected chi connectivity index (χ1v) is 10.2. The van der Waals surface area contributed by atoms with Crippen LogP contribution in [0.5, 0.6) is 0 Å². The second kappa shape index (κ2) is 7.92. The zero-order chi connectivity index (χ0) is 21.5. The number of aliphatic hydroxyl groups excluding tert-OH is 1. The van der Waals surface area contributed by atoms with Gasteiger partial charge in [0.1, 0.15) is 12.4 Å². The molecule has 1 atom stereocenters. The number of nitrogens with zero attached hydrogens (tertiary/aromatic N) is 4. The molecule has 2 aliphatic rings. The van der Waals surface area contributed by atoms with Crippen LogP contribution in [-0.2, 0) is 17.9 Å². The highest BCUT2D eigenvalue weighted by Crippen LogP contribution is 2.37. The first kappa shape index (κ1) is 19.9. The van der Waals surface area contributed by atoms with Gasteiger partial charge in [-0.2, -0.15) is 0 Å². The molecule has 0 aliphatic carbocycles. The van der Waals surface area contributed by atoms with Crippen molar-refractivity contribution in [2.24, 2.45) is 0 Å². The Hall–Kier alpha value is -3.01. The molecule has 2 aliphatic heterocycles. The van der Waals surface area contributed by atoms with E-state index in [1.165, 1.54) is 12.1 Å². The van der Waals surface area contributed by atoms with Crippen molar-refractivity contribution in [3.8, 4) is 0 Å². The molecule has 0 radical (unpaired) electrons. The predicted molar refractivity (Wildman–Crippen MR) is 111 cm³/mol. The normalized spacial score (nSPS) is 17.6. The number of nitrogens with one attached hydrogen (secondary N) is 1. The van der Waals surface area contributed by atoms with Crippen LogP contribution in [0.4, 0.5) is 16.0 Å². The van der Waals surface area contributed by atoms with E-state index in [1.54, 1.807) is 23.1 Å². The predicted octanol–water partition coefficient (Wildman–Crippen LogP) is 2.88. The van der Waals surface area contributed by atoms with Gasteiger partial charge in [0.05, 0.1) is 29.8 Å². The number of carbonyl (C=O) groups excluding carboxylic acids is 1. The van der Waals surface area contributed by atoms with Gasteiger partial charge in [0.25, 0.3) is 5.91 Å². The highest BCUT2D eigenvalue weighted by atomic mass is 35.5. The molecule has 0 spiro atoms. The minimum Gasteiger partial charge on any atom is -0.395 e. The average molecular weight is 444 g/mol. The first-order chi connectivity index (χ1) is 15.1. The van der Waals surface area contributed by atoms with Crippen molar-refractivity contribution in [3.63, 3.8) is 0 Å². The summed E-state index contributed by atoms with van der Waals surface area (Å²) >= 11 is 6.29. The summed E-state index contributed by atoms with van der Waals surface area (Å²) < 4.78 is 21.4. The minimum absolute atomic E-state index is 0.132. The van der Waals surface area contributed by atoms with Gasteiger partial charge in [-0.05, 0) is 29.8 Å². The molecule has 3 aromatic rings. The molecule has 1 unspecified atom stereocenters. The lowest BCUT2D eigenvalue weighted by molar-refractivity contribution is 0.0669. The molecule has 3 heterocycles. The van der Waals surface area contributed by atoms with E-state index in [9.17, 15) is 14.3 Å². The number of halogens is 2. The lowest BCUT2D eigenvalue weighted by Crippen LogP contribution is -2.27. The largest absolute Gasteiger partial charge is 0.395 e. The zero-order valence-corrected chi connectivity index (χ0v) is 17.1. The number of hydrogen-bond donors (Lipinski definition) is 2. The van der Waals surface area contributed by atoms with Gasteiger partial charge in [0, 0.05) is 24.3 Å². The number of anilines is 2. The Labute approximate surface area is 182 Å². The molecule has 160 valence electrons. The number of amides is 1. The van der Waals surface area contributed by atoms with Crippen molar-refractivity contribution < 1.29 is 19.0 Å². The summed E-state index contributed by atoms with van der Waals surface area (Å²) in [5.74, 6) is 0.536. The number of hydrogen-bond acceptors (Lipinski definition) is 6. The summed E-state index contributed by atoms with van der Waals surface area (Å²) in [6, 6.07) is 9.50. The van der Waals surface area contributed by atoms with Crippen LogP contribution in [0.25, 0.3) is 0 Å². The first-order valence-electron chi connectivity index (χ1n) is 9.82. The maximum Gasteiger partial charge on any atom is 0.256 e. The van der Waals surface area contributed by atoms with Crippen LogP contribution in [0.3, 0.4) is 0 Å². The zero-order valence-electron chi connectivity index (χ0n) is 16.4. The van der Waals surface area contributed by atoms with Gasteiger partial charge in [0.15, 0.2) is 5.82 Å². The summed E-state index contributed by atoms with van der Waals surface area (Å²) in [6.45, 7) is 1.07. The van der Waals surface area contributed by atoms with Gasteiger partial charge < -0.3 is 20.1 Å². The number of ether oxygens (including phenoxy) is 1. The number of rotatable bonds is 5. The van der Waals surface area contributed by atoms with Gasteiger partial charge in [0.2, 0.25) is 5.95 Å². The Balaban J connectivity index is 1.53. The Bertz CT molecular complexity index is 1170. The van der Waals surface area contributed by atoms with Crippen LogP contribution in [0.2, 0.25) is 5.02 Å². The van der Waals surface area contributed by atoms with E-state index in [2.05, 4.69) is 15.5 Å². The van der Waals surface area contributed by atoms with Crippen molar-refractivity contribution in [2.45, 2.75) is 19.2 Å². The molecule has 31 heavy (non-hydrogen) atoms. The van der Waals surface area contributed by atoms with Crippen molar-refractivity contribution in [3.05, 3.63) is 69.8 Å². The highest BCUT2D eigenvalue weighted by molar-refractivity contribution is 6.34. The Morgan fingerprint density at radius 3 is 2.97 bits per heavy atom. The number of carbonyl (C=O) groups is 1. The van der Waals surface area contributed by atoms with Gasteiger partial charge in [-0.15, -0.1) is 10.2 Å². The minimum atomic E-state index is -0.329. The molecule has 8 nitrogen and oxygen atoms in total. The SMILES string of the molecule is O=C1c2c(Cl)ccc(Nc3nnc4n3C(c3cccc(F)c3)COC4)c2CN1CCO. The third-order valence-corrected chi connectivity index (χ3v) is 5.86. The smallest absolute Gasteiger partial charge is 0.256 e. The second-order valence-corrected chi connectivity index (χ2v) is 7.83. The summed E-state index contributed by atoms with van der Waals surface area (Å²) in [4.78, 5) is 14.2. The van der Waals surface area contributed by atoms with Crippen LogP contribution in [0.1, 0.15) is 33.4 Å². The lowest BCUT2D eigenvalue weighted by atomic mass is 10.1. The molecular formula is C21H19ClFN5O3. The summed E-state index contributed by atoms with van der Waals surface area (Å²) in [5, 5.41) is 21.4. The third kappa shape index (κ3) is 3.44. The summed E-state index contributed by atoms with van der Waals surface area (Å²) in [5.41, 5.74) is 2.57. The maximum atomic E-state index is 13.8. The van der Waals surface area contributed by atoms with Crippen molar-refractivity contribution in [1.82, 2.24) is 19.7 Å². The fraction of sp³-hybridized carbons (Fsp3) is 0.286. The quantitative estimate of drug-likeness (QED) is 0.630. The molecule has 1 aromatic heterocycles. The Kier molecular flexibility index (Phi) is 5.09. The molecule has 0 saturated carbocycles. The van der Waals surface area contributed by atoms with Gasteiger partial charge in [-0.25, -0.2) is 4.39 Å². The van der Waals surface area contributed by atoms with E-state index >= 15 is 0 Å². The molecule has 0 fully saturated rings. The number of aromatic nitrogens is 3. The Morgan fingerprint density at radius 1 is 1.29 bits per heavy atom. The van der Waals surface area contributed by atoms with Crippen molar-refractivity contribution in [2.75, 3.05) is 25.1 Å². The fourth-order valence-electron chi connectivity index (χ4n) is 4.10. The molecule has 0 saturated heterocycles. The van der Waals surface area contributed by atoms with E-state index < -0.39 is 0 Å². The lowest BCUT2D eigenvalue weighted by Gasteiger charge is -2.27. The monoisotopic (exact) mass is 443 g/mol. The van der Waals surface area contributed by atoms with Gasteiger partial charge in [-0.3, -0.25) is 9.36 Å². The number of fused-ring (bicyclic) bond motifs is 2. The maximum absolute atomic E-state index is 13.8. The standard InChI is InChI=1S/C21H19ClFN5O3/c22-15-4-5-16(14-9-27(6-7-29)20(30)19(14)15)24-21-26-25-18-11-31-10-17(28(18)21)12-2-1-3-13(23)8-12/h1-5,8,17,29H,6-7,9-11H2,(H,24,26). The van der Waals surface area contributed by atoms with E-state index in [0.29, 0.717) is 47.8 Å². The van der Waals surface area contributed by atoms with Gasteiger partial charge in [-0.1, -0.05) is 23.7 Å². The molecule has 2 aromatic carbocycles. The number of β-amino-alcohol motifs (C(OH)–C–C–N with tert-alkyl or cyclic N) is 1. The van der Waals surface area contributed by atoms with E-state index in [1.807, 2.05) is 10.6 Å². The van der Waals surface area contributed by atoms with Crippen LogP contribution >= 0.6 is 11.6 Å².